The van der Waals surface area contributed by atoms with Gasteiger partial charge < -0.3 is 19.3 Å². The molecule has 7 heteroatoms. The van der Waals surface area contributed by atoms with Crippen LogP contribution in [0.4, 0.5) is 5.69 Å². The third-order valence-corrected chi connectivity index (χ3v) is 6.09. The molecule has 0 saturated carbocycles. The zero-order valence-corrected chi connectivity index (χ0v) is 19.3. The van der Waals surface area contributed by atoms with Gasteiger partial charge in [0.15, 0.2) is 11.5 Å². The van der Waals surface area contributed by atoms with E-state index in [9.17, 15) is 9.59 Å². The first-order valence-electron chi connectivity index (χ1n) is 11.0. The summed E-state index contributed by atoms with van der Waals surface area (Å²) in [6, 6.07) is 13.7. The zero-order chi connectivity index (χ0) is 23.5. The number of hydrogen-bond donors (Lipinski definition) is 0. The standard InChI is InChI=1S/C26H29N3O4/c1-5-11-29-25(30)23(19-9-10-21(32-3)22(17-19)33-4)24(26(29)31)28-14-12-27(13-15-28)20-8-6-7-18(2)16-20/h5-10,16-17H,1,11-15H2,2-4H3. The van der Waals surface area contributed by atoms with E-state index in [-0.39, 0.29) is 18.4 Å². The van der Waals surface area contributed by atoms with Gasteiger partial charge in [0.1, 0.15) is 5.70 Å². The Kier molecular flexibility index (Phi) is 6.40. The molecular weight excluding hydrogens is 418 g/mol. The number of amides is 2. The molecule has 0 bridgehead atoms. The maximum atomic E-state index is 13.4. The van der Waals surface area contributed by atoms with Gasteiger partial charge in [0.05, 0.1) is 19.8 Å². The first-order valence-corrected chi connectivity index (χ1v) is 11.0. The number of benzene rings is 2. The second-order valence-corrected chi connectivity index (χ2v) is 8.12. The third kappa shape index (κ3) is 4.18. The van der Waals surface area contributed by atoms with Gasteiger partial charge in [0.25, 0.3) is 11.8 Å². The molecule has 7 nitrogen and oxygen atoms in total. The Morgan fingerprint density at radius 1 is 0.909 bits per heavy atom. The monoisotopic (exact) mass is 447 g/mol. The number of ether oxygens (including phenoxy) is 2. The summed E-state index contributed by atoms with van der Waals surface area (Å²) in [6.07, 6.45) is 1.57. The number of piperazine rings is 1. The molecule has 1 saturated heterocycles. The van der Waals surface area contributed by atoms with E-state index in [0.29, 0.717) is 41.4 Å². The van der Waals surface area contributed by atoms with Crippen molar-refractivity contribution in [3.05, 3.63) is 71.9 Å². The topological polar surface area (TPSA) is 62.3 Å². The molecule has 0 aromatic heterocycles. The molecule has 0 atom stereocenters. The van der Waals surface area contributed by atoms with E-state index in [1.807, 2.05) is 4.90 Å². The Bertz CT molecular complexity index is 1120. The number of nitrogens with zero attached hydrogens (tertiary/aromatic N) is 3. The molecule has 2 heterocycles. The van der Waals surface area contributed by atoms with Gasteiger partial charge in [-0.2, -0.15) is 0 Å². The van der Waals surface area contributed by atoms with Gasteiger partial charge in [-0.15, -0.1) is 6.58 Å². The molecule has 0 unspecified atom stereocenters. The van der Waals surface area contributed by atoms with Gasteiger partial charge in [-0.3, -0.25) is 14.5 Å². The van der Waals surface area contributed by atoms with Gasteiger partial charge >= 0.3 is 0 Å². The molecule has 1 fully saturated rings. The zero-order valence-electron chi connectivity index (χ0n) is 19.3. The van der Waals surface area contributed by atoms with Crippen molar-refractivity contribution < 1.29 is 19.1 Å². The second kappa shape index (κ2) is 9.40. The van der Waals surface area contributed by atoms with Crippen molar-refractivity contribution in [2.75, 3.05) is 51.8 Å². The Balaban J connectivity index is 1.68. The van der Waals surface area contributed by atoms with E-state index < -0.39 is 0 Å². The molecule has 0 N–H and O–H groups in total. The highest BCUT2D eigenvalue weighted by Crippen LogP contribution is 2.36. The molecule has 2 aromatic carbocycles. The fourth-order valence-electron chi connectivity index (χ4n) is 4.42. The predicted octanol–water partition coefficient (Wildman–Crippen LogP) is 3.10. The quantitative estimate of drug-likeness (QED) is 0.480. The van der Waals surface area contributed by atoms with E-state index in [4.69, 9.17) is 9.47 Å². The van der Waals surface area contributed by atoms with E-state index in [1.165, 1.54) is 16.2 Å². The van der Waals surface area contributed by atoms with Crippen molar-refractivity contribution in [2.45, 2.75) is 6.92 Å². The van der Waals surface area contributed by atoms with Gasteiger partial charge in [0.2, 0.25) is 0 Å². The highest BCUT2D eigenvalue weighted by Gasteiger charge is 2.41. The number of hydrogen-bond acceptors (Lipinski definition) is 6. The molecule has 2 aliphatic rings. The second-order valence-electron chi connectivity index (χ2n) is 8.12. The highest BCUT2D eigenvalue weighted by molar-refractivity contribution is 6.35. The van der Waals surface area contributed by atoms with Crippen molar-refractivity contribution in [1.29, 1.82) is 0 Å². The summed E-state index contributed by atoms with van der Waals surface area (Å²) in [5.41, 5.74) is 3.86. The van der Waals surface area contributed by atoms with Crippen molar-refractivity contribution >= 4 is 23.1 Å². The van der Waals surface area contributed by atoms with Crippen LogP contribution < -0.4 is 14.4 Å². The molecule has 2 amide bonds. The average molecular weight is 448 g/mol. The summed E-state index contributed by atoms with van der Waals surface area (Å²) in [7, 11) is 3.11. The summed E-state index contributed by atoms with van der Waals surface area (Å²) in [5.74, 6) is 0.473. The Labute approximate surface area is 194 Å². The van der Waals surface area contributed by atoms with E-state index in [2.05, 4.69) is 42.7 Å². The molecule has 172 valence electrons. The Hall–Kier alpha value is -3.74. The number of anilines is 1. The van der Waals surface area contributed by atoms with Crippen molar-refractivity contribution in [1.82, 2.24) is 9.80 Å². The van der Waals surface area contributed by atoms with Gasteiger partial charge in [-0.05, 0) is 42.3 Å². The Morgan fingerprint density at radius 3 is 2.24 bits per heavy atom. The van der Waals surface area contributed by atoms with Crippen LogP contribution in [0.1, 0.15) is 11.1 Å². The first-order chi connectivity index (χ1) is 16.0. The number of aryl methyl sites for hydroxylation is 1. The maximum Gasteiger partial charge on any atom is 0.278 e. The van der Waals surface area contributed by atoms with Crippen LogP contribution in [0.3, 0.4) is 0 Å². The lowest BCUT2D eigenvalue weighted by Gasteiger charge is -2.37. The molecule has 2 aromatic rings. The largest absolute Gasteiger partial charge is 0.493 e. The molecular formula is C26H29N3O4. The van der Waals surface area contributed by atoms with Crippen LogP contribution in [0.15, 0.2) is 60.8 Å². The summed E-state index contributed by atoms with van der Waals surface area (Å²) in [6.45, 7) is 8.75. The van der Waals surface area contributed by atoms with E-state index in [0.717, 1.165) is 13.1 Å². The number of methoxy groups -OCH3 is 2. The van der Waals surface area contributed by atoms with E-state index >= 15 is 0 Å². The molecule has 33 heavy (non-hydrogen) atoms. The van der Waals surface area contributed by atoms with Gasteiger partial charge in [-0.25, -0.2) is 0 Å². The number of imide groups is 1. The van der Waals surface area contributed by atoms with Crippen molar-refractivity contribution in [2.24, 2.45) is 0 Å². The van der Waals surface area contributed by atoms with Crippen LogP contribution in [-0.4, -0.2) is 68.6 Å². The molecule has 0 radical (unpaired) electrons. The fourth-order valence-corrected chi connectivity index (χ4v) is 4.42. The lowest BCUT2D eigenvalue weighted by Crippen LogP contribution is -2.47. The van der Waals surface area contributed by atoms with Gasteiger partial charge in [-0.1, -0.05) is 24.3 Å². The van der Waals surface area contributed by atoms with Crippen molar-refractivity contribution in [3.8, 4) is 11.5 Å². The summed E-state index contributed by atoms with van der Waals surface area (Å²) in [4.78, 5) is 32.3. The van der Waals surface area contributed by atoms with Crippen LogP contribution in [0.25, 0.3) is 5.57 Å². The first kappa shape index (κ1) is 22.5. The van der Waals surface area contributed by atoms with Crippen LogP contribution in [-0.2, 0) is 9.59 Å². The number of rotatable bonds is 7. The third-order valence-electron chi connectivity index (χ3n) is 6.09. The smallest absolute Gasteiger partial charge is 0.278 e. The maximum absolute atomic E-state index is 13.4. The lowest BCUT2D eigenvalue weighted by molar-refractivity contribution is -0.136. The number of carbonyl (C=O) groups is 2. The SMILES string of the molecule is C=CCN1C(=O)C(c2ccc(OC)c(OC)c2)=C(N2CCN(c3cccc(C)c3)CC2)C1=O. The normalized spacial score (nSPS) is 16.5. The Morgan fingerprint density at radius 2 is 1.61 bits per heavy atom. The lowest BCUT2D eigenvalue weighted by atomic mass is 10.0. The summed E-state index contributed by atoms with van der Waals surface area (Å²) >= 11 is 0. The molecule has 4 rings (SSSR count). The fraction of sp³-hybridized carbons (Fsp3) is 0.308. The minimum atomic E-state index is -0.316. The summed E-state index contributed by atoms with van der Waals surface area (Å²) in [5, 5.41) is 0. The summed E-state index contributed by atoms with van der Waals surface area (Å²) < 4.78 is 10.8. The average Bonchev–Trinajstić information content (AvgIpc) is 3.08. The van der Waals surface area contributed by atoms with Crippen LogP contribution >= 0.6 is 0 Å². The van der Waals surface area contributed by atoms with Crippen LogP contribution in [0.2, 0.25) is 0 Å². The molecule has 0 aliphatic carbocycles. The minimum Gasteiger partial charge on any atom is -0.493 e. The van der Waals surface area contributed by atoms with Crippen molar-refractivity contribution in [3.63, 3.8) is 0 Å². The molecule has 2 aliphatic heterocycles. The van der Waals surface area contributed by atoms with Gasteiger partial charge in [0, 0.05) is 38.4 Å². The highest BCUT2D eigenvalue weighted by atomic mass is 16.5. The predicted molar refractivity (Wildman–Crippen MR) is 128 cm³/mol. The van der Waals surface area contributed by atoms with Crippen LogP contribution in [0, 0.1) is 6.92 Å². The van der Waals surface area contributed by atoms with E-state index in [1.54, 1.807) is 38.5 Å². The minimum absolute atomic E-state index is 0.168. The molecule has 0 spiro atoms. The van der Waals surface area contributed by atoms with Crippen LogP contribution in [0.5, 0.6) is 11.5 Å². The number of carbonyl (C=O) groups excluding carboxylic acids is 2.